The van der Waals surface area contributed by atoms with Crippen LogP contribution in [0.3, 0.4) is 0 Å². The number of aryl methyl sites for hydroxylation is 1. The molecule has 0 atom stereocenters. The minimum absolute atomic E-state index is 0.0356. The van der Waals surface area contributed by atoms with E-state index in [0.29, 0.717) is 12.4 Å². The van der Waals surface area contributed by atoms with E-state index in [9.17, 15) is 4.79 Å². The van der Waals surface area contributed by atoms with Crippen molar-refractivity contribution in [2.45, 2.75) is 13.5 Å². The number of hydrogen-bond acceptors (Lipinski definition) is 4. The predicted octanol–water partition coefficient (Wildman–Crippen LogP) is 2.98. The van der Waals surface area contributed by atoms with Crippen LogP contribution in [0.2, 0.25) is 0 Å². The van der Waals surface area contributed by atoms with E-state index in [-0.39, 0.29) is 11.8 Å². The number of rotatable bonds is 4. The molecular weight excluding hydrogens is 278 g/mol. The molecule has 5 nitrogen and oxygen atoms in total. The number of hydrogen-bond donors (Lipinski definition) is 1. The predicted molar refractivity (Wildman–Crippen MR) is 82.1 cm³/mol. The van der Waals surface area contributed by atoms with Gasteiger partial charge in [-0.15, -0.1) is 10.2 Å². The average molecular weight is 293 g/mol. The molecular formula is C17H15N3O2. The van der Waals surface area contributed by atoms with Crippen molar-refractivity contribution < 1.29 is 9.21 Å². The summed E-state index contributed by atoms with van der Waals surface area (Å²) in [4.78, 5) is 12.0. The molecule has 1 heterocycles. The van der Waals surface area contributed by atoms with E-state index in [1.807, 2.05) is 61.5 Å². The summed E-state index contributed by atoms with van der Waals surface area (Å²) in [5.41, 5.74) is 2.94. The fourth-order valence-corrected chi connectivity index (χ4v) is 1.98. The lowest BCUT2D eigenvalue weighted by Gasteiger charge is -2.01. The van der Waals surface area contributed by atoms with Crippen LogP contribution in [0.5, 0.6) is 0 Å². The van der Waals surface area contributed by atoms with Gasteiger partial charge in [0.25, 0.3) is 0 Å². The molecule has 0 fully saturated rings. The number of aromatic nitrogens is 2. The molecule has 5 heteroatoms. The summed E-state index contributed by atoms with van der Waals surface area (Å²) < 4.78 is 5.43. The number of carbonyl (C=O) groups excluding carboxylic acids is 1. The molecule has 0 saturated carbocycles. The maximum absolute atomic E-state index is 12.0. The first-order valence-corrected chi connectivity index (χ1v) is 6.95. The van der Waals surface area contributed by atoms with Crippen LogP contribution >= 0.6 is 0 Å². The second-order valence-electron chi connectivity index (χ2n) is 4.95. The third-order valence-corrected chi connectivity index (χ3v) is 3.21. The second-order valence-corrected chi connectivity index (χ2v) is 4.95. The van der Waals surface area contributed by atoms with Gasteiger partial charge in [0.1, 0.15) is 0 Å². The smallest absolute Gasteiger partial charge is 0.309 e. The lowest BCUT2D eigenvalue weighted by atomic mass is 10.1. The SMILES string of the molecule is Cc1ccc(-c2nnc(C(=O)NCc3ccccc3)o2)cc1. The van der Waals surface area contributed by atoms with Crippen LogP contribution in [-0.2, 0) is 6.54 Å². The Morgan fingerprint density at radius 1 is 1.05 bits per heavy atom. The molecule has 0 bridgehead atoms. The van der Waals surface area contributed by atoms with Crippen molar-refractivity contribution in [2.24, 2.45) is 0 Å². The molecule has 1 aromatic heterocycles. The van der Waals surface area contributed by atoms with Gasteiger partial charge < -0.3 is 9.73 Å². The lowest BCUT2D eigenvalue weighted by molar-refractivity contribution is 0.0917. The molecule has 0 aliphatic rings. The maximum atomic E-state index is 12.0. The fourth-order valence-electron chi connectivity index (χ4n) is 1.98. The van der Waals surface area contributed by atoms with E-state index in [2.05, 4.69) is 15.5 Å². The Balaban J connectivity index is 1.68. The first kappa shape index (κ1) is 14.0. The highest BCUT2D eigenvalue weighted by Crippen LogP contribution is 2.18. The summed E-state index contributed by atoms with van der Waals surface area (Å²) in [7, 11) is 0. The van der Waals surface area contributed by atoms with E-state index < -0.39 is 0 Å². The highest BCUT2D eigenvalue weighted by atomic mass is 16.4. The van der Waals surface area contributed by atoms with Crippen molar-refractivity contribution in [1.29, 1.82) is 0 Å². The molecule has 0 aliphatic heterocycles. The largest absolute Gasteiger partial charge is 0.412 e. The fraction of sp³-hybridized carbons (Fsp3) is 0.118. The summed E-state index contributed by atoms with van der Waals surface area (Å²) >= 11 is 0. The standard InChI is InChI=1S/C17H15N3O2/c1-12-7-9-14(10-8-12)16-19-20-17(22-16)15(21)18-11-13-5-3-2-4-6-13/h2-10H,11H2,1H3,(H,18,21). The zero-order valence-corrected chi connectivity index (χ0v) is 12.1. The number of amides is 1. The van der Waals surface area contributed by atoms with Gasteiger partial charge in [-0.1, -0.05) is 48.0 Å². The molecule has 0 unspecified atom stereocenters. The Morgan fingerprint density at radius 3 is 2.50 bits per heavy atom. The molecule has 110 valence electrons. The summed E-state index contributed by atoms with van der Waals surface area (Å²) in [5, 5.41) is 10.5. The van der Waals surface area contributed by atoms with E-state index in [0.717, 1.165) is 16.7 Å². The van der Waals surface area contributed by atoms with Crippen molar-refractivity contribution in [1.82, 2.24) is 15.5 Å². The zero-order valence-electron chi connectivity index (χ0n) is 12.1. The van der Waals surface area contributed by atoms with Gasteiger partial charge in [-0.25, -0.2) is 0 Å². The van der Waals surface area contributed by atoms with Gasteiger partial charge in [0.05, 0.1) is 0 Å². The minimum atomic E-state index is -0.380. The van der Waals surface area contributed by atoms with Crippen LogP contribution in [0.25, 0.3) is 11.5 Å². The van der Waals surface area contributed by atoms with Crippen LogP contribution in [0, 0.1) is 6.92 Å². The third kappa shape index (κ3) is 3.20. The molecule has 2 aromatic carbocycles. The van der Waals surface area contributed by atoms with Crippen LogP contribution < -0.4 is 5.32 Å². The molecule has 0 aliphatic carbocycles. The molecule has 0 saturated heterocycles. The quantitative estimate of drug-likeness (QED) is 0.803. The van der Waals surface area contributed by atoms with Crippen LogP contribution in [0.1, 0.15) is 21.8 Å². The normalized spacial score (nSPS) is 10.4. The Bertz CT molecular complexity index is 764. The first-order valence-electron chi connectivity index (χ1n) is 6.95. The van der Waals surface area contributed by atoms with E-state index >= 15 is 0 Å². The lowest BCUT2D eigenvalue weighted by Crippen LogP contribution is -2.23. The van der Waals surface area contributed by atoms with Gasteiger partial charge in [-0.2, -0.15) is 0 Å². The molecule has 3 rings (SSSR count). The van der Waals surface area contributed by atoms with Crippen LogP contribution in [0.15, 0.2) is 59.0 Å². The molecule has 1 amide bonds. The number of carbonyl (C=O) groups is 1. The summed E-state index contributed by atoms with van der Waals surface area (Å²) in [6, 6.07) is 17.3. The molecule has 1 N–H and O–H groups in total. The molecule has 0 spiro atoms. The molecule has 22 heavy (non-hydrogen) atoms. The average Bonchev–Trinajstić information content (AvgIpc) is 3.04. The van der Waals surface area contributed by atoms with Crippen molar-refractivity contribution in [3.63, 3.8) is 0 Å². The van der Waals surface area contributed by atoms with Crippen LogP contribution in [0.4, 0.5) is 0 Å². The van der Waals surface area contributed by atoms with Gasteiger partial charge in [0.2, 0.25) is 5.89 Å². The van der Waals surface area contributed by atoms with E-state index in [1.54, 1.807) is 0 Å². The zero-order chi connectivity index (χ0) is 15.4. The first-order chi connectivity index (χ1) is 10.7. The Hall–Kier alpha value is -2.95. The van der Waals surface area contributed by atoms with Gasteiger partial charge in [-0.05, 0) is 24.6 Å². The summed E-state index contributed by atoms with van der Waals surface area (Å²) in [5.74, 6) is -0.0777. The minimum Gasteiger partial charge on any atom is -0.412 e. The molecule has 3 aromatic rings. The van der Waals surface area contributed by atoms with Crippen LogP contribution in [-0.4, -0.2) is 16.1 Å². The Morgan fingerprint density at radius 2 is 1.77 bits per heavy atom. The Kier molecular flexibility index (Phi) is 3.96. The van der Waals surface area contributed by atoms with Crippen molar-refractivity contribution in [3.05, 3.63) is 71.6 Å². The van der Waals surface area contributed by atoms with Gasteiger partial charge in [0.15, 0.2) is 0 Å². The summed E-state index contributed by atoms with van der Waals surface area (Å²) in [6.07, 6.45) is 0. The third-order valence-electron chi connectivity index (χ3n) is 3.21. The topological polar surface area (TPSA) is 68.0 Å². The van der Waals surface area contributed by atoms with Crippen molar-refractivity contribution in [3.8, 4) is 11.5 Å². The highest BCUT2D eigenvalue weighted by molar-refractivity contribution is 5.89. The summed E-state index contributed by atoms with van der Waals surface area (Å²) in [6.45, 7) is 2.42. The van der Waals surface area contributed by atoms with Gasteiger partial charge >= 0.3 is 11.8 Å². The number of nitrogens with one attached hydrogen (secondary N) is 1. The van der Waals surface area contributed by atoms with Gasteiger partial charge in [0, 0.05) is 12.1 Å². The van der Waals surface area contributed by atoms with E-state index in [1.165, 1.54) is 0 Å². The molecule has 0 radical (unpaired) electrons. The Labute approximate surface area is 128 Å². The van der Waals surface area contributed by atoms with Crippen molar-refractivity contribution >= 4 is 5.91 Å². The van der Waals surface area contributed by atoms with E-state index in [4.69, 9.17) is 4.42 Å². The number of nitrogens with zero attached hydrogens (tertiary/aromatic N) is 2. The van der Waals surface area contributed by atoms with Gasteiger partial charge in [-0.3, -0.25) is 4.79 Å². The maximum Gasteiger partial charge on any atom is 0.309 e. The second kappa shape index (κ2) is 6.22. The van der Waals surface area contributed by atoms with Crippen molar-refractivity contribution in [2.75, 3.05) is 0 Å². The highest BCUT2D eigenvalue weighted by Gasteiger charge is 2.15. The number of benzene rings is 2. The monoisotopic (exact) mass is 293 g/mol.